The molecule has 38 heavy (non-hydrogen) atoms. The first-order chi connectivity index (χ1) is 18.2. The van der Waals surface area contributed by atoms with E-state index < -0.39 is 24.3 Å². The summed E-state index contributed by atoms with van der Waals surface area (Å²) < 4.78 is 43.1. The fourth-order valence-corrected chi connectivity index (χ4v) is 3.91. The van der Waals surface area contributed by atoms with Crippen LogP contribution in [-0.4, -0.2) is 40.2 Å². The molecule has 2 aromatic carbocycles. The third-order valence-corrected chi connectivity index (χ3v) is 6.20. The molecule has 1 aliphatic carbocycles. The van der Waals surface area contributed by atoms with E-state index >= 15 is 0 Å². The number of ether oxygens (including phenoxy) is 1. The molecule has 1 aliphatic rings. The molecule has 1 amide bonds. The smallest absolute Gasteiger partial charge is 0.422 e. The monoisotopic (exact) mass is 548 g/mol. The molecular weight excluding hydrogens is 521 g/mol. The normalized spacial score (nSPS) is 14.0. The quantitative estimate of drug-likeness (QED) is 0.231. The number of anilines is 3. The highest BCUT2D eigenvalue weighted by Crippen LogP contribution is 2.48. The Morgan fingerprint density at radius 1 is 1.00 bits per heavy atom. The number of nitrogens with zero attached hydrogens (tertiary/aromatic N) is 3. The first-order valence-corrected chi connectivity index (χ1v) is 12.7. The Kier molecular flexibility index (Phi) is 8.55. The molecule has 1 heterocycles. The summed E-state index contributed by atoms with van der Waals surface area (Å²) in [5.74, 6) is -0.127. The van der Waals surface area contributed by atoms with E-state index in [0.717, 1.165) is 37.7 Å². The van der Waals surface area contributed by atoms with Crippen molar-refractivity contribution >= 4 is 35.1 Å². The molecule has 0 aliphatic heterocycles. The molecule has 1 saturated carbocycles. The maximum absolute atomic E-state index is 12.8. The van der Waals surface area contributed by atoms with E-state index in [9.17, 15) is 18.0 Å². The first kappa shape index (κ1) is 27.4. The van der Waals surface area contributed by atoms with Gasteiger partial charge in [-0.2, -0.15) is 28.1 Å². The van der Waals surface area contributed by atoms with Crippen LogP contribution >= 0.6 is 11.6 Å². The van der Waals surface area contributed by atoms with Crippen LogP contribution in [0.2, 0.25) is 5.02 Å². The van der Waals surface area contributed by atoms with Crippen molar-refractivity contribution in [3.05, 3.63) is 64.7 Å². The van der Waals surface area contributed by atoms with Crippen molar-refractivity contribution in [2.45, 2.75) is 50.7 Å². The van der Waals surface area contributed by atoms with Crippen molar-refractivity contribution in [3.63, 3.8) is 0 Å². The van der Waals surface area contributed by atoms with Crippen molar-refractivity contribution in [2.24, 2.45) is 0 Å². The number of carbonyl (C=O) groups is 1. The summed E-state index contributed by atoms with van der Waals surface area (Å²) in [5, 5.41) is 9.64. The fraction of sp³-hybridized carbons (Fsp3) is 0.385. The zero-order valence-corrected chi connectivity index (χ0v) is 21.5. The van der Waals surface area contributed by atoms with Crippen molar-refractivity contribution in [1.29, 1.82) is 0 Å². The minimum atomic E-state index is -4.55. The highest BCUT2D eigenvalue weighted by atomic mass is 35.5. The van der Waals surface area contributed by atoms with Crippen LogP contribution in [0.5, 0.6) is 6.01 Å². The lowest BCUT2D eigenvalue weighted by Gasteiger charge is -2.19. The number of rotatable bonds is 12. The summed E-state index contributed by atoms with van der Waals surface area (Å²) in [6.45, 7) is 1.15. The van der Waals surface area contributed by atoms with Crippen LogP contribution < -0.4 is 20.7 Å². The maximum atomic E-state index is 12.8. The zero-order valence-electron chi connectivity index (χ0n) is 20.7. The predicted octanol–water partition coefficient (Wildman–Crippen LogP) is 6.23. The lowest BCUT2D eigenvalue weighted by Crippen LogP contribution is -2.24. The summed E-state index contributed by atoms with van der Waals surface area (Å²) in [6.07, 6.45) is 0.0298. The van der Waals surface area contributed by atoms with E-state index in [1.165, 1.54) is 0 Å². The van der Waals surface area contributed by atoms with Gasteiger partial charge in [-0.3, -0.25) is 4.79 Å². The molecule has 1 aromatic heterocycles. The Bertz CT molecular complexity index is 1240. The van der Waals surface area contributed by atoms with Gasteiger partial charge in [0.2, 0.25) is 11.9 Å². The van der Waals surface area contributed by atoms with Gasteiger partial charge in [-0.15, -0.1) is 0 Å². The van der Waals surface area contributed by atoms with Gasteiger partial charge in [-0.1, -0.05) is 43.5 Å². The summed E-state index contributed by atoms with van der Waals surface area (Å²) in [5.41, 5.74) is 1.51. The van der Waals surface area contributed by atoms with Gasteiger partial charge in [0.1, 0.15) is 0 Å². The molecule has 1 fully saturated rings. The van der Waals surface area contributed by atoms with E-state index in [-0.39, 0.29) is 17.8 Å². The molecular formula is C26H28ClF3N6O2. The molecule has 0 spiro atoms. The Hall–Kier alpha value is -3.60. The molecule has 0 saturated heterocycles. The van der Waals surface area contributed by atoms with Crippen molar-refractivity contribution in [1.82, 2.24) is 20.3 Å². The molecule has 3 aromatic rings. The van der Waals surface area contributed by atoms with Gasteiger partial charge in [0.15, 0.2) is 6.61 Å². The van der Waals surface area contributed by atoms with Gasteiger partial charge in [0.05, 0.1) is 5.54 Å². The SMILES string of the molecule is CCCCCNC(=O)c1ccc(Nc2nc(NC3(c4ccc(Cl)cc4)CC3)nc(OCC(F)(F)F)n2)cc1. The highest BCUT2D eigenvalue weighted by Gasteiger charge is 2.45. The molecule has 3 N–H and O–H groups in total. The fourth-order valence-electron chi connectivity index (χ4n) is 3.79. The van der Waals surface area contributed by atoms with Crippen LogP contribution in [0.4, 0.5) is 30.8 Å². The largest absolute Gasteiger partial charge is 0.454 e. The molecule has 0 radical (unpaired) electrons. The Morgan fingerprint density at radius 3 is 2.32 bits per heavy atom. The van der Waals surface area contributed by atoms with Gasteiger partial charge in [0.25, 0.3) is 5.91 Å². The second kappa shape index (κ2) is 11.8. The minimum absolute atomic E-state index is 0.0108. The van der Waals surface area contributed by atoms with Gasteiger partial charge >= 0.3 is 12.2 Å². The van der Waals surface area contributed by atoms with Crippen LogP contribution in [0, 0.1) is 0 Å². The number of amides is 1. The van der Waals surface area contributed by atoms with Crippen LogP contribution in [0.3, 0.4) is 0 Å². The molecule has 8 nitrogen and oxygen atoms in total. The number of carbonyl (C=O) groups excluding carboxylic acids is 1. The molecule has 12 heteroatoms. The molecule has 0 unspecified atom stereocenters. The standard InChI is InChI=1S/C26H28ClF3N6O2/c1-2-3-4-15-31-21(37)17-5-11-20(12-6-17)32-22-33-23(35-24(34-22)38-16-26(28,29)30)36-25(13-14-25)18-7-9-19(27)10-8-18/h5-12H,2-4,13-16H2,1H3,(H,31,37)(H2,32,33,34,35,36). The summed E-state index contributed by atoms with van der Waals surface area (Å²) in [7, 11) is 0. The van der Waals surface area contributed by atoms with Crippen LogP contribution in [0.15, 0.2) is 48.5 Å². The first-order valence-electron chi connectivity index (χ1n) is 12.3. The Morgan fingerprint density at radius 2 is 1.68 bits per heavy atom. The van der Waals surface area contributed by atoms with E-state index in [0.29, 0.717) is 22.8 Å². The number of hydrogen-bond donors (Lipinski definition) is 3. The summed E-state index contributed by atoms with van der Waals surface area (Å²) in [6, 6.07) is 13.4. The van der Waals surface area contributed by atoms with Crippen LogP contribution in [0.1, 0.15) is 54.9 Å². The van der Waals surface area contributed by atoms with Crippen molar-refractivity contribution in [2.75, 3.05) is 23.8 Å². The maximum Gasteiger partial charge on any atom is 0.422 e. The van der Waals surface area contributed by atoms with Gasteiger partial charge in [-0.25, -0.2) is 0 Å². The Labute approximate surface area is 223 Å². The third-order valence-electron chi connectivity index (χ3n) is 5.95. The molecule has 0 bridgehead atoms. The summed E-state index contributed by atoms with van der Waals surface area (Å²) >= 11 is 6.00. The highest BCUT2D eigenvalue weighted by molar-refractivity contribution is 6.30. The van der Waals surface area contributed by atoms with Crippen molar-refractivity contribution in [3.8, 4) is 6.01 Å². The van der Waals surface area contributed by atoms with E-state index in [1.807, 2.05) is 12.1 Å². The topological polar surface area (TPSA) is 101 Å². The molecule has 202 valence electrons. The number of halogens is 4. The van der Waals surface area contributed by atoms with E-state index in [4.69, 9.17) is 16.3 Å². The average molecular weight is 549 g/mol. The number of nitrogens with one attached hydrogen (secondary N) is 3. The second-order valence-electron chi connectivity index (χ2n) is 9.05. The second-order valence-corrected chi connectivity index (χ2v) is 9.48. The number of unbranched alkanes of at least 4 members (excludes halogenated alkanes) is 2. The van der Waals surface area contributed by atoms with Crippen LogP contribution in [-0.2, 0) is 5.54 Å². The predicted molar refractivity (Wildman–Crippen MR) is 139 cm³/mol. The lowest BCUT2D eigenvalue weighted by atomic mass is 10.1. The minimum Gasteiger partial charge on any atom is -0.454 e. The van der Waals surface area contributed by atoms with Crippen LogP contribution in [0.25, 0.3) is 0 Å². The number of hydrogen-bond acceptors (Lipinski definition) is 7. The Balaban J connectivity index is 1.50. The van der Waals surface area contributed by atoms with E-state index in [1.54, 1.807) is 36.4 Å². The van der Waals surface area contributed by atoms with Gasteiger partial charge < -0.3 is 20.7 Å². The number of benzene rings is 2. The van der Waals surface area contributed by atoms with Gasteiger partial charge in [0, 0.05) is 22.8 Å². The number of alkyl halides is 3. The zero-order chi connectivity index (χ0) is 27.2. The average Bonchev–Trinajstić information content (AvgIpc) is 3.66. The molecule has 0 atom stereocenters. The van der Waals surface area contributed by atoms with Gasteiger partial charge in [-0.05, 0) is 61.2 Å². The lowest BCUT2D eigenvalue weighted by molar-refractivity contribution is -0.154. The van der Waals surface area contributed by atoms with E-state index in [2.05, 4.69) is 37.8 Å². The number of aromatic nitrogens is 3. The third kappa shape index (κ3) is 7.70. The molecule has 4 rings (SSSR count). The summed E-state index contributed by atoms with van der Waals surface area (Å²) in [4.78, 5) is 24.7. The van der Waals surface area contributed by atoms with Crippen molar-refractivity contribution < 1.29 is 22.7 Å².